The molecule has 0 aromatic carbocycles. The van der Waals surface area contributed by atoms with E-state index in [1.807, 2.05) is 0 Å². The Balaban J connectivity index is 1.80. The molecule has 0 aliphatic rings. The second kappa shape index (κ2) is 7.92. The summed E-state index contributed by atoms with van der Waals surface area (Å²) in [6.45, 7) is 0.139. The molecular weight excluding hydrogens is 521 g/mol. The summed E-state index contributed by atoms with van der Waals surface area (Å²) in [5, 5.41) is 9.44. The van der Waals surface area contributed by atoms with E-state index in [4.69, 9.17) is 11.6 Å². The molecule has 0 unspecified atom stereocenters. The van der Waals surface area contributed by atoms with Crippen LogP contribution in [0.4, 0.5) is 13.2 Å². The summed E-state index contributed by atoms with van der Waals surface area (Å²) in [5.74, 6) is -0.644. The number of rotatable bonds is 4. The van der Waals surface area contributed by atoms with Crippen LogP contribution in [0, 0.1) is 0 Å². The lowest BCUT2D eigenvalue weighted by Gasteiger charge is -2.16. The number of hydrogen-bond donors (Lipinski definition) is 0. The van der Waals surface area contributed by atoms with Crippen LogP contribution in [0.15, 0.2) is 34.2 Å². The lowest BCUT2D eigenvalue weighted by molar-refractivity contribution is -0.142. The maximum Gasteiger partial charge on any atom is 0.433 e. The van der Waals surface area contributed by atoms with Crippen LogP contribution in [0.5, 0.6) is 0 Å². The van der Waals surface area contributed by atoms with E-state index in [9.17, 15) is 18.0 Å². The fourth-order valence-electron chi connectivity index (χ4n) is 2.97. The third-order valence-electron chi connectivity index (χ3n) is 4.54. The number of carbonyl (C=O) groups excluding carboxylic acids is 1. The standard InChI is InChI=1S/C18H13BrClF3N6OS/c1-27(8-11-9(19)7-24-28(11)2)17(30)15-14(20)16-25-10(12-4-3-5-31-12)6-13(18(21,22)23)29(16)26-15/h3-7H,8H2,1-2H3. The Kier molecular flexibility index (Phi) is 5.56. The van der Waals surface area contributed by atoms with E-state index >= 15 is 0 Å². The topological polar surface area (TPSA) is 68.3 Å². The molecule has 31 heavy (non-hydrogen) atoms. The Morgan fingerprint density at radius 2 is 2.13 bits per heavy atom. The highest BCUT2D eigenvalue weighted by Gasteiger charge is 2.37. The SMILES string of the molecule is CN(Cc1c(Br)cnn1C)C(=O)c1nn2c(C(F)(F)F)cc(-c3cccs3)nc2c1Cl. The molecule has 0 saturated carbocycles. The van der Waals surface area contributed by atoms with E-state index in [1.54, 1.807) is 35.4 Å². The zero-order valence-corrected chi connectivity index (χ0v) is 19.1. The number of nitrogens with zero attached hydrogens (tertiary/aromatic N) is 6. The average molecular weight is 534 g/mol. The average Bonchev–Trinajstić information content (AvgIpc) is 3.43. The first-order chi connectivity index (χ1) is 14.6. The van der Waals surface area contributed by atoms with Crippen molar-refractivity contribution in [1.29, 1.82) is 0 Å². The lowest BCUT2D eigenvalue weighted by Crippen LogP contribution is -2.28. The van der Waals surface area contributed by atoms with Crippen LogP contribution in [0.1, 0.15) is 21.9 Å². The number of aryl methyl sites for hydroxylation is 1. The van der Waals surface area contributed by atoms with Gasteiger partial charge in [-0.05, 0) is 33.4 Å². The fourth-order valence-corrected chi connectivity index (χ4v) is 4.37. The molecule has 4 aromatic rings. The van der Waals surface area contributed by atoms with Crippen molar-refractivity contribution in [3.05, 3.63) is 56.4 Å². The van der Waals surface area contributed by atoms with Crippen LogP contribution >= 0.6 is 38.9 Å². The van der Waals surface area contributed by atoms with Gasteiger partial charge in [0.2, 0.25) is 0 Å². The van der Waals surface area contributed by atoms with Crippen LogP contribution in [0.3, 0.4) is 0 Å². The van der Waals surface area contributed by atoms with Gasteiger partial charge < -0.3 is 4.90 Å². The predicted octanol–water partition coefficient (Wildman–Crippen LogP) is 4.90. The van der Waals surface area contributed by atoms with Gasteiger partial charge in [-0.15, -0.1) is 11.3 Å². The molecule has 162 valence electrons. The molecule has 0 saturated heterocycles. The van der Waals surface area contributed by atoms with Crippen LogP contribution in [0.25, 0.3) is 16.2 Å². The summed E-state index contributed by atoms with van der Waals surface area (Å²) in [7, 11) is 3.21. The molecule has 0 aliphatic carbocycles. The number of aromatic nitrogens is 5. The minimum Gasteiger partial charge on any atom is -0.334 e. The Morgan fingerprint density at radius 3 is 2.71 bits per heavy atom. The second-order valence-electron chi connectivity index (χ2n) is 6.62. The van der Waals surface area contributed by atoms with Gasteiger partial charge in [0.25, 0.3) is 5.91 Å². The highest BCUT2D eigenvalue weighted by molar-refractivity contribution is 9.10. The molecule has 4 rings (SSSR count). The summed E-state index contributed by atoms with van der Waals surface area (Å²) in [6.07, 6.45) is -3.15. The molecule has 4 heterocycles. The zero-order valence-electron chi connectivity index (χ0n) is 16.0. The molecule has 0 atom stereocenters. The zero-order chi connectivity index (χ0) is 22.5. The molecule has 0 aliphatic heterocycles. The van der Waals surface area contributed by atoms with Crippen molar-refractivity contribution < 1.29 is 18.0 Å². The van der Waals surface area contributed by atoms with Crippen molar-refractivity contribution in [2.24, 2.45) is 7.05 Å². The van der Waals surface area contributed by atoms with Crippen LogP contribution < -0.4 is 0 Å². The monoisotopic (exact) mass is 532 g/mol. The summed E-state index contributed by atoms with van der Waals surface area (Å²) >= 11 is 10.9. The number of fused-ring (bicyclic) bond motifs is 1. The first kappa shape index (κ1) is 21.8. The first-order valence-electron chi connectivity index (χ1n) is 8.70. The number of halogens is 5. The fraction of sp³-hybridized carbons (Fsp3) is 0.222. The molecule has 0 N–H and O–H groups in total. The van der Waals surface area contributed by atoms with Gasteiger partial charge in [-0.1, -0.05) is 17.7 Å². The maximum absolute atomic E-state index is 13.7. The van der Waals surface area contributed by atoms with Crippen molar-refractivity contribution in [2.75, 3.05) is 7.05 Å². The molecule has 0 spiro atoms. The molecule has 0 bridgehead atoms. The molecule has 4 aromatic heterocycles. The van der Waals surface area contributed by atoms with Crippen molar-refractivity contribution in [3.63, 3.8) is 0 Å². The van der Waals surface area contributed by atoms with Gasteiger partial charge in [0.05, 0.1) is 33.5 Å². The van der Waals surface area contributed by atoms with Gasteiger partial charge in [-0.3, -0.25) is 9.48 Å². The highest BCUT2D eigenvalue weighted by atomic mass is 79.9. The van der Waals surface area contributed by atoms with Crippen molar-refractivity contribution >= 4 is 50.4 Å². The van der Waals surface area contributed by atoms with Crippen molar-refractivity contribution in [3.8, 4) is 10.6 Å². The number of alkyl halides is 3. The Bertz CT molecular complexity index is 1260. The molecule has 0 radical (unpaired) electrons. The van der Waals surface area contributed by atoms with E-state index in [0.29, 0.717) is 19.6 Å². The normalized spacial score (nSPS) is 12.0. The minimum absolute atomic E-state index is 0.0998. The molecule has 7 nitrogen and oxygen atoms in total. The second-order valence-corrected chi connectivity index (χ2v) is 8.80. The van der Waals surface area contributed by atoms with E-state index < -0.39 is 17.8 Å². The lowest BCUT2D eigenvalue weighted by atomic mass is 10.2. The smallest absolute Gasteiger partial charge is 0.334 e. The molecular formula is C18H13BrClF3N6OS. The largest absolute Gasteiger partial charge is 0.433 e. The summed E-state index contributed by atoms with van der Waals surface area (Å²) in [4.78, 5) is 19.0. The van der Waals surface area contributed by atoms with E-state index in [1.165, 1.54) is 23.3 Å². The number of thiophene rings is 1. The Morgan fingerprint density at radius 1 is 1.39 bits per heavy atom. The third-order valence-corrected chi connectivity index (χ3v) is 6.45. The van der Waals surface area contributed by atoms with Gasteiger partial charge in [-0.2, -0.15) is 23.4 Å². The summed E-state index contributed by atoms with van der Waals surface area (Å²) in [5.41, 5.74) is -0.825. The summed E-state index contributed by atoms with van der Waals surface area (Å²) in [6, 6.07) is 4.25. The van der Waals surface area contributed by atoms with Gasteiger partial charge in [0.15, 0.2) is 17.0 Å². The Labute approximate surface area is 191 Å². The molecule has 1 amide bonds. The minimum atomic E-state index is -4.73. The van der Waals surface area contributed by atoms with Gasteiger partial charge >= 0.3 is 6.18 Å². The number of amides is 1. The van der Waals surface area contributed by atoms with Gasteiger partial charge in [-0.25, -0.2) is 9.50 Å². The highest BCUT2D eigenvalue weighted by Crippen LogP contribution is 2.35. The van der Waals surface area contributed by atoms with E-state index in [0.717, 1.165) is 6.07 Å². The van der Waals surface area contributed by atoms with Gasteiger partial charge in [0, 0.05) is 14.1 Å². The molecule has 13 heteroatoms. The number of hydrogen-bond acceptors (Lipinski definition) is 5. The summed E-state index contributed by atoms with van der Waals surface area (Å²) < 4.78 is 44.1. The first-order valence-corrected chi connectivity index (χ1v) is 10.7. The molecule has 0 fully saturated rings. The Hall–Kier alpha value is -2.44. The maximum atomic E-state index is 13.7. The number of carbonyl (C=O) groups is 1. The third kappa shape index (κ3) is 3.94. The van der Waals surface area contributed by atoms with E-state index in [2.05, 4.69) is 31.1 Å². The predicted molar refractivity (Wildman–Crippen MR) is 113 cm³/mol. The quantitative estimate of drug-likeness (QED) is 0.374. The van der Waals surface area contributed by atoms with E-state index in [-0.39, 0.29) is 28.6 Å². The van der Waals surface area contributed by atoms with Gasteiger partial charge in [0.1, 0.15) is 5.02 Å². The van der Waals surface area contributed by atoms with Crippen LogP contribution in [-0.2, 0) is 19.8 Å². The van der Waals surface area contributed by atoms with Crippen LogP contribution in [0.2, 0.25) is 5.02 Å². The van der Waals surface area contributed by atoms with Crippen molar-refractivity contribution in [2.45, 2.75) is 12.7 Å². The van der Waals surface area contributed by atoms with Crippen molar-refractivity contribution in [1.82, 2.24) is 29.3 Å². The van der Waals surface area contributed by atoms with Crippen LogP contribution in [-0.4, -0.2) is 42.2 Å².